The first-order valence-electron chi connectivity index (χ1n) is 5.60. The molecule has 3 fully saturated rings. The summed E-state index contributed by atoms with van der Waals surface area (Å²) in [6.45, 7) is 7.55. The number of aliphatic hydroxyl groups is 1. The molecule has 0 aromatic carbocycles. The lowest BCUT2D eigenvalue weighted by atomic mass is 9.97. The van der Waals surface area contributed by atoms with Crippen molar-refractivity contribution in [2.45, 2.75) is 43.7 Å². The Morgan fingerprint density at radius 1 is 1.35 bits per heavy atom. The van der Waals surface area contributed by atoms with Gasteiger partial charge in [-0.05, 0) is 20.4 Å². The normalized spacial score (nSPS) is 47.7. The predicted octanol–water partition coefficient (Wildman–Crippen LogP) is 0.112. The monoisotopic (exact) mass is 244 g/mol. The number of fused-ring (bicyclic) bond motifs is 1. The largest absolute Gasteiger partial charge is 0.459 e. The Kier molecular flexibility index (Phi) is 2.22. The fourth-order valence-corrected chi connectivity index (χ4v) is 2.47. The molecule has 0 aromatic heterocycles. The van der Waals surface area contributed by atoms with E-state index < -0.39 is 23.8 Å². The fourth-order valence-electron chi connectivity index (χ4n) is 2.47. The van der Waals surface area contributed by atoms with Gasteiger partial charge in [0.05, 0.1) is 6.61 Å². The highest BCUT2D eigenvalue weighted by molar-refractivity contribution is 5.02. The maximum Gasteiger partial charge on any atom is 0.277 e. The Morgan fingerprint density at radius 2 is 2.12 bits per heavy atom. The summed E-state index contributed by atoms with van der Waals surface area (Å²) in [5.74, 6) is -1.77. The van der Waals surface area contributed by atoms with Gasteiger partial charge < -0.3 is 28.8 Å². The lowest BCUT2D eigenvalue weighted by Crippen LogP contribution is -2.61. The van der Waals surface area contributed by atoms with Crippen molar-refractivity contribution in [3.05, 3.63) is 12.5 Å². The van der Waals surface area contributed by atoms with Crippen LogP contribution in [-0.4, -0.2) is 48.2 Å². The van der Waals surface area contributed by atoms with Gasteiger partial charge in [0.25, 0.3) is 11.7 Å². The van der Waals surface area contributed by atoms with Crippen LogP contribution in [0.4, 0.5) is 0 Å². The minimum absolute atomic E-state index is 0.111. The zero-order valence-corrected chi connectivity index (χ0v) is 9.84. The van der Waals surface area contributed by atoms with Crippen molar-refractivity contribution in [3.8, 4) is 0 Å². The Labute approximate surface area is 99.0 Å². The van der Waals surface area contributed by atoms with Gasteiger partial charge in [0.2, 0.25) is 0 Å². The van der Waals surface area contributed by atoms with E-state index in [1.807, 2.05) is 0 Å². The standard InChI is InChI=1S/C11H16O6/c1-6-13-5-11(15-6)9(12)8-7(4-14-11)16-10(2,3)17-8/h7-9,12H,1,4-5H2,2-3H3/t7-,8?,9?,11+/m1/s1. The summed E-state index contributed by atoms with van der Waals surface area (Å²) in [7, 11) is 0. The molecule has 0 saturated carbocycles. The molecule has 3 aliphatic rings. The lowest BCUT2D eigenvalue weighted by molar-refractivity contribution is -0.294. The van der Waals surface area contributed by atoms with Crippen molar-refractivity contribution in [1.82, 2.24) is 0 Å². The van der Waals surface area contributed by atoms with Gasteiger partial charge in [-0.2, -0.15) is 0 Å². The highest BCUT2D eigenvalue weighted by Gasteiger charge is 2.61. The topological polar surface area (TPSA) is 66.4 Å². The van der Waals surface area contributed by atoms with Crippen LogP contribution < -0.4 is 0 Å². The van der Waals surface area contributed by atoms with Crippen LogP contribution in [0.1, 0.15) is 13.8 Å². The van der Waals surface area contributed by atoms with Crippen LogP contribution in [0.5, 0.6) is 0 Å². The minimum atomic E-state index is -1.21. The summed E-state index contributed by atoms with van der Waals surface area (Å²) in [4.78, 5) is 0. The smallest absolute Gasteiger partial charge is 0.277 e. The molecule has 4 atom stereocenters. The molecule has 1 N–H and O–H groups in total. The first-order valence-corrected chi connectivity index (χ1v) is 5.60. The highest BCUT2D eigenvalue weighted by atomic mass is 16.8. The molecule has 3 rings (SSSR count). The molecule has 17 heavy (non-hydrogen) atoms. The van der Waals surface area contributed by atoms with E-state index in [1.165, 1.54) is 0 Å². The van der Waals surface area contributed by atoms with Crippen molar-refractivity contribution in [1.29, 1.82) is 0 Å². The van der Waals surface area contributed by atoms with Gasteiger partial charge in [-0.15, -0.1) is 0 Å². The van der Waals surface area contributed by atoms with E-state index in [0.29, 0.717) is 6.61 Å². The average molecular weight is 244 g/mol. The lowest BCUT2D eigenvalue weighted by Gasteiger charge is -2.39. The van der Waals surface area contributed by atoms with Gasteiger partial charge in [0, 0.05) is 0 Å². The van der Waals surface area contributed by atoms with Crippen LogP contribution in [0.2, 0.25) is 0 Å². The Balaban J connectivity index is 1.83. The van der Waals surface area contributed by atoms with Gasteiger partial charge in [-0.1, -0.05) is 0 Å². The molecule has 0 radical (unpaired) electrons. The van der Waals surface area contributed by atoms with E-state index >= 15 is 0 Å². The van der Waals surface area contributed by atoms with Crippen LogP contribution in [0.15, 0.2) is 12.5 Å². The van der Waals surface area contributed by atoms with Gasteiger partial charge >= 0.3 is 0 Å². The van der Waals surface area contributed by atoms with Crippen molar-refractivity contribution < 1.29 is 28.8 Å². The molecule has 2 unspecified atom stereocenters. The molecule has 3 saturated heterocycles. The Bertz CT molecular complexity index is 354. The second-order valence-corrected chi connectivity index (χ2v) is 4.97. The molecule has 0 aliphatic carbocycles. The SMILES string of the molecule is C=C1OC[C@]2(OC[C@H]3OC(C)(C)OC3C2O)O1. The minimum Gasteiger partial charge on any atom is -0.459 e. The summed E-state index contributed by atoms with van der Waals surface area (Å²) >= 11 is 0. The van der Waals surface area contributed by atoms with E-state index in [1.54, 1.807) is 13.8 Å². The molecule has 6 nitrogen and oxygen atoms in total. The molecule has 1 spiro atoms. The molecule has 96 valence electrons. The Morgan fingerprint density at radius 3 is 2.76 bits per heavy atom. The summed E-state index contributed by atoms with van der Waals surface area (Å²) in [6.07, 6.45) is -1.74. The third-order valence-electron chi connectivity index (χ3n) is 3.20. The van der Waals surface area contributed by atoms with Crippen LogP contribution in [-0.2, 0) is 23.7 Å². The third kappa shape index (κ3) is 1.63. The molecule has 3 heterocycles. The van der Waals surface area contributed by atoms with Crippen molar-refractivity contribution in [2.75, 3.05) is 13.2 Å². The number of hydrogen-bond acceptors (Lipinski definition) is 6. The molecular formula is C11H16O6. The van der Waals surface area contributed by atoms with Crippen LogP contribution >= 0.6 is 0 Å². The molecule has 0 aromatic rings. The number of aliphatic hydroxyl groups excluding tert-OH is 1. The molecule has 6 heteroatoms. The van der Waals surface area contributed by atoms with E-state index in [-0.39, 0.29) is 18.7 Å². The fraction of sp³-hybridized carbons (Fsp3) is 0.818. The van der Waals surface area contributed by atoms with Gasteiger partial charge in [0.15, 0.2) is 18.5 Å². The maximum absolute atomic E-state index is 10.3. The molecular weight excluding hydrogens is 228 g/mol. The van der Waals surface area contributed by atoms with Gasteiger partial charge in [-0.25, -0.2) is 0 Å². The highest BCUT2D eigenvalue weighted by Crippen LogP contribution is 2.41. The van der Waals surface area contributed by atoms with E-state index in [0.717, 1.165) is 0 Å². The quantitative estimate of drug-likeness (QED) is 0.652. The average Bonchev–Trinajstić information content (AvgIpc) is 2.75. The zero-order valence-electron chi connectivity index (χ0n) is 9.84. The van der Waals surface area contributed by atoms with E-state index in [4.69, 9.17) is 23.7 Å². The molecule has 0 amide bonds. The molecule has 0 bridgehead atoms. The van der Waals surface area contributed by atoms with Gasteiger partial charge in [0.1, 0.15) is 12.2 Å². The number of hydrogen-bond donors (Lipinski definition) is 1. The first-order chi connectivity index (χ1) is 7.92. The van der Waals surface area contributed by atoms with Crippen LogP contribution in [0, 0.1) is 0 Å². The van der Waals surface area contributed by atoms with E-state index in [9.17, 15) is 5.11 Å². The zero-order chi connectivity index (χ0) is 12.3. The Hall–Kier alpha value is -0.820. The van der Waals surface area contributed by atoms with Crippen LogP contribution in [0.25, 0.3) is 0 Å². The second kappa shape index (κ2) is 3.35. The second-order valence-electron chi connectivity index (χ2n) is 4.97. The van der Waals surface area contributed by atoms with Crippen LogP contribution in [0.3, 0.4) is 0 Å². The summed E-state index contributed by atoms with van der Waals surface area (Å²) in [5.41, 5.74) is 0. The summed E-state index contributed by atoms with van der Waals surface area (Å²) in [6, 6.07) is 0. The predicted molar refractivity (Wildman–Crippen MR) is 54.7 cm³/mol. The number of ether oxygens (including phenoxy) is 5. The van der Waals surface area contributed by atoms with E-state index in [2.05, 4.69) is 6.58 Å². The maximum atomic E-state index is 10.3. The van der Waals surface area contributed by atoms with Gasteiger partial charge in [-0.3, -0.25) is 0 Å². The summed E-state index contributed by atoms with van der Waals surface area (Å²) in [5, 5.41) is 10.3. The molecule has 3 aliphatic heterocycles. The first kappa shape index (κ1) is 11.3. The number of rotatable bonds is 0. The third-order valence-corrected chi connectivity index (χ3v) is 3.20. The van der Waals surface area contributed by atoms with Crippen molar-refractivity contribution in [2.24, 2.45) is 0 Å². The van der Waals surface area contributed by atoms with Crippen molar-refractivity contribution >= 4 is 0 Å². The summed E-state index contributed by atoms with van der Waals surface area (Å²) < 4.78 is 27.3. The van der Waals surface area contributed by atoms with Crippen molar-refractivity contribution in [3.63, 3.8) is 0 Å².